The second-order valence-corrected chi connectivity index (χ2v) is 4.03. The monoisotopic (exact) mass is 263 g/mol. The van der Waals surface area contributed by atoms with Crippen molar-refractivity contribution in [1.82, 2.24) is 4.98 Å². The molecule has 6 heteroatoms. The quantitative estimate of drug-likeness (QED) is 0.792. The minimum atomic E-state index is -1.07. The van der Waals surface area contributed by atoms with Crippen LogP contribution in [0, 0.1) is 0 Å². The SMILES string of the molecule is Nc1cc(C(=O)O)c(Nc2ccc(Cl)cc2)cn1. The third-order valence-electron chi connectivity index (χ3n) is 2.28. The fourth-order valence-electron chi connectivity index (χ4n) is 1.44. The average molecular weight is 264 g/mol. The van der Waals surface area contributed by atoms with Crippen molar-refractivity contribution < 1.29 is 9.90 Å². The number of aromatic nitrogens is 1. The van der Waals surface area contributed by atoms with Crippen molar-refractivity contribution in [3.63, 3.8) is 0 Å². The van der Waals surface area contributed by atoms with Crippen LogP contribution >= 0.6 is 11.6 Å². The lowest BCUT2D eigenvalue weighted by Crippen LogP contribution is -2.05. The van der Waals surface area contributed by atoms with Gasteiger partial charge in [0.25, 0.3) is 0 Å². The molecule has 2 aromatic rings. The van der Waals surface area contributed by atoms with Crippen LogP contribution in [0.5, 0.6) is 0 Å². The number of rotatable bonds is 3. The Kier molecular flexibility index (Phi) is 3.34. The summed E-state index contributed by atoms with van der Waals surface area (Å²) in [7, 11) is 0. The van der Waals surface area contributed by atoms with Crippen LogP contribution in [-0.4, -0.2) is 16.1 Å². The van der Waals surface area contributed by atoms with Crippen LogP contribution in [0.2, 0.25) is 5.02 Å². The van der Waals surface area contributed by atoms with Gasteiger partial charge in [0.2, 0.25) is 0 Å². The van der Waals surface area contributed by atoms with E-state index in [0.717, 1.165) is 0 Å². The molecule has 0 atom stereocenters. The molecule has 5 nitrogen and oxygen atoms in total. The number of anilines is 3. The van der Waals surface area contributed by atoms with Gasteiger partial charge in [-0.3, -0.25) is 0 Å². The van der Waals surface area contributed by atoms with Crippen molar-refractivity contribution in [3.8, 4) is 0 Å². The van der Waals surface area contributed by atoms with Gasteiger partial charge in [-0.15, -0.1) is 0 Å². The van der Waals surface area contributed by atoms with Crippen molar-refractivity contribution in [2.75, 3.05) is 11.1 Å². The van der Waals surface area contributed by atoms with Crippen LogP contribution in [0.25, 0.3) is 0 Å². The Labute approximate surface area is 108 Å². The normalized spacial score (nSPS) is 10.1. The molecule has 1 heterocycles. The van der Waals surface area contributed by atoms with Crippen molar-refractivity contribution in [1.29, 1.82) is 0 Å². The van der Waals surface area contributed by atoms with Gasteiger partial charge in [-0.25, -0.2) is 9.78 Å². The Morgan fingerprint density at radius 1 is 1.33 bits per heavy atom. The van der Waals surface area contributed by atoms with Gasteiger partial charge in [0.15, 0.2) is 0 Å². The van der Waals surface area contributed by atoms with Gasteiger partial charge < -0.3 is 16.2 Å². The number of carbonyl (C=O) groups is 1. The maximum absolute atomic E-state index is 11.1. The number of carboxylic acid groups (broad SMARTS) is 1. The molecule has 0 saturated heterocycles. The highest BCUT2D eigenvalue weighted by molar-refractivity contribution is 6.30. The summed E-state index contributed by atoms with van der Waals surface area (Å²) in [5, 5.41) is 12.6. The predicted octanol–water partition coefficient (Wildman–Crippen LogP) is 2.76. The smallest absolute Gasteiger partial charge is 0.338 e. The summed E-state index contributed by atoms with van der Waals surface area (Å²) in [6.45, 7) is 0. The van der Waals surface area contributed by atoms with E-state index >= 15 is 0 Å². The van der Waals surface area contributed by atoms with Gasteiger partial charge in [-0.2, -0.15) is 0 Å². The van der Waals surface area contributed by atoms with Gasteiger partial charge in [0, 0.05) is 10.7 Å². The van der Waals surface area contributed by atoms with E-state index in [0.29, 0.717) is 16.4 Å². The second-order valence-electron chi connectivity index (χ2n) is 3.59. The number of halogens is 1. The molecule has 0 aliphatic carbocycles. The van der Waals surface area contributed by atoms with E-state index in [4.69, 9.17) is 22.4 Å². The van der Waals surface area contributed by atoms with Crippen LogP contribution < -0.4 is 11.1 Å². The lowest BCUT2D eigenvalue weighted by molar-refractivity contribution is 0.0698. The van der Waals surface area contributed by atoms with Crippen molar-refractivity contribution in [3.05, 3.63) is 47.1 Å². The fraction of sp³-hybridized carbons (Fsp3) is 0. The fourth-order valence-corrected chi connectivity index (χ4v) is 1.56. The molecular formula is C12H10ClN3O2. The standard InChI is InChI=1S/C12H10ClN3O2/c13-7-1-3-8(4-2-7)16-10-6-15-11(14)5-9(10)12(17)18/h1-6,16H,(H2,14,15)(H,17,18). The summed E-state index contributed by atoms with van der Waals surface area (Å²) in [4.78, 5) is 14.9. The number of carboxylic acids is 1. The van der Waals surface area contributed by atoms with E-state index in [1.54, 1.807) is 24.3 Å². The van der Waals surface area contributed by atoms with Crippen LogP contribution in [0.15, 0.2) is 36.5 Å². The van der Waals surface area contributed by atoms with E-state index < -0.39 is 5.97 Å². The molecular weight excluding hydrogens is 254 g/mol. The molecule has 0 amide bonds. The summed E-state index contributed by atoms with van der Waals surface area (Å²) in [5.74, 6) is -0.908. The number of hydrogen-bond donors (Lipinski definition) is 3. The predicted molar refractivity (Wildman–Crippen MR) is 70.3 cm³/mol. The summed E-state index contributed by atoms with van der Waals surface area (Å²) < 4.78 is 0. The van der Waals surface area contributed by atoms with E-state index in [2.05, 4.69) is 10.3 Å². The van der Waals surface area contributed by atoms with Gasteiger partial charge in [0.1, 0.15) is 5.82 Å². The second kappa shape index (κ2) is 4.93. The Morgan fingerprint density at radius 2 is 2.00 bits per heavy atom. The molecule has 0 unspecified atom stereocenters. The molecule has 4 N–H and O–H groups in total. The lowest BCUT2D eigenvalue weighted by Gasteiger charge is -2.09. The zero-order valence-corrected chi connectivity index (χ0v) is 9.98. The van der Waals surface area contributed by atoms with Crippen LogP contribution in [-0.2, 0) is 0 Å². The Hall–Kier alpha value is -2.27. The summed E-state index contributed by atoms with van der Waals surface area (Å²) in [6.07, 6.45) is 1.38. The number of nitrogens with zero attached hydrogens (tertiary/aromatic N) is 1. The first-order chi connectivity index (χ1) is 8.56. The molecule has 0 bridgehead atoms. The summed E-state index contributed by atoms with van der Waals surface area (Å²) in [5.41, 5.74) is 6.62. The van der Waals surface area contributed by atoms with Crippen molar-refractivity contribution >= 4 is 34.8 Å². The minimum Gasteiger partial charge on any atom is -0.478 e. The molecule has 1 aromatic carbocycles. The highest BCUT2D eigenvalue weighted by Gasteiger charge is 2.11. The first-order valence-corrected chi connectivity index (χ1v) is 5.45. The van der Waals surface area contributed by atoms with Gasteiger partial charge in [-0.1, -0.05) is 11.6 Å². The van der Waals surface area contributed by atoms with Crippen molar-refractivity contribution in [2.45, 2.75) is 0 Å². The molecule has 1 aromatic heterocycles. The molecule has 0 fully saturated rings. The highest BCUT2D eigenvalue weighted by Crippen LogP contribution is 2.22. The van der Waals surface area contributed by atoms with Crippen molar-refractivity contribution in [2.24, 2.45) is 0 Å². The zero-order chi connectivity index (χ0) is 13.1. The minimum absolute atomic E-state index is 0.0671. The summed E-state index contributed by atoms with van der Waals surface area (Å²) >= 11 is 5.77. The number of aromatic carboxylic acids is 1. The number of pyridine rings is 1. The molecule has 0 radical (unpaired) electrons. The van der Waals surface area contributed by atoms with Gasteiger partial charge >= 0.3 is 5.97 Å². The third kappa shape index (κ3) is 2.70. The largest absolute Gasteiger partial charge is 0.478 e. The van der Waals surface area contributed by atoms with Gasteiger partial charge in [-0.05, 0) is 30.3 Å². The Bertz CT molecular complexity index is 584. The van der Waals surface area contributed by atoms with E-state index in [9.17, 15) is 4.79 Å². The molecule has 0 aliphatic heterocycles. The van der Waals surface area contributed by atoms with Gasteiger partial charge in [0.05, 0.1) is 17.4 Å². The van der Waals surface area contributed by atoms with E-state index in [-0.39, 0.29) is 11.4 Å². The van der Waals surface area contributed by atoms with E-state index in [1.165, 1.54) is 12.3 Å². The highest BCUT2D eigenvalue weighted by atomic mass is 35.5. The number of nitrogens with two attached hydrogens (primary N) is 1. The first kappa shape index (κ1) is 12.2. The molecule has 2 rings (SSSR count). The lowest BCUT2D eigenvalue weighted by atomic mass is 10.2. The Balaban J connectivity index is 2.34. The summed E-state index contributed by atoms with van der Waals surface area (Å²) in [6, 6.07) is 8.19. The maximum atomic E-state index is 11.1. The first-order valence-electron chi connectivity index (χ1n) is 5.07. The zero-order valence-electron chi connectivity index (χ0n) is 9.22. The van der Waals surface area contributed by atoms with Crippen LogP contribution in [0.4, 0.5) is 17.2 Å². The molecule has 0 aliphatic rings. The molecule has 0 saturated carbocycles. The number of hydrogen-bond acceptors (Lipinski definition) is 4. The maximum Gasteiger partial charge on any atom is 0.338 e. The molecule has 0 spiro atoms. The number of nitrogen functional groups attached to an aromatic ring is 1. The van der Waals surface area contributed by atoms with E-state index in [1.807, 2.05) is 0 Å². The average Bonchev–Trinajstić information content (AvgIpc) is 2.34. The Morgan fingerprint density at radius 3 is 2.61 bits per heavy atom. The number of nitrogens with one attached hydrogen (secondary N) is 1. The van der Waals surface area contributed by atoms with Crippen LogP contribution in [0.3, 0.4) is 0 Å². The number of benzene rings is 1. The topological polar surface area (TPSA) is 88.2 Å². The van der Waals surface area contributed by atoms with Crippen LogP contribution in [0.1, 0.15) is 10.4 Å². The molecule has 92 valence electrons. The third-order valence-corrected chi connectivity index (χ3v) is 2.53. The molecule has 18 heavy (non-hydrogen) atoms.